The molecule has 1 aromatic heterocycles. The van der Waals surface area contributed by atoms with Gasteiger partial charge in [-0.25, -0.2) is 18.2 Å². The van der Waals surface area contributed by atoms with Gasteiger partial charge in [-0.2, -0.15) is 0 Å². The summed E-state index contributed by atoms with van der Waals surface area (Å²) < 4.78 is 57.5. The Morgan fingerprint density at radius 1 is 1.00 bits per heavy atom. The van der Waals surface area contributed by atoms with Crippen LogP contribution in [0.15, 0.2) is 54.6 Å². The van der Waals surface area contributed by atoms with Crippen molar-refractivity contribution in [2.24, 2.45) is 17.8 Å². The van der Waals surface area contributed by atoms with Gasteiger partial charge in [-0.15, -0.1) is 0 Å². The highest BCUT2D eigenvalue weighted by molar-refractivity contribution is 7.91. The lowest BCUT2D eigenvalue weighted by molar-refractivity contribution is -0.142. The standard InChI is InChI=1S/C47H59N5O11S/c1-27-10-8-9-11-31-25-47(31,43(55)51-64(57,58)46(6)16-17-46)50-40(53)36-24-33(26-52(36)42(54)39(28(2)20-27)49-44(56)63-45(3,4)5)62-41-34-14-13-32(59-7)21-30(34)22-35(48-41)29-12-15-37-38(23-29)61-19-18-60-37/h9,11-15,21-23,27-28,31,33,36,39H,8,10,16-20,24-26H2,1-7H3,(H,49,56)(H,50,53)(H,51,55)/b11-9-/t27-,28+,31+,33?,36-,39-,47+/m0/s1. The van der Waals surface area contributed by atoms with Gasteiger partial charge in [0.05, 0.1) is 24.1 Å². The van der Waals surface area contributed by atoms with Crippen molar-refractivity contribution in [3.8, 4) is 34.4 Å². The van der Waals surface area contributed by atoms with Gasteiger partial charge in [0.25, 0.3) is 5.91 Å². The van der Waals surface area contributed by atoms with Gasteiger partial charge in [-0.1, -0.05) is 26.0 Å². The molecule has 16 nitrogen and oxygen atoms in total. The van der Waals surface area contributed by atoms with E-state index in [4.69, 9.17) is 28.7 Å². The minimum Gasteiger partial charge on any atom is -0.497 e. The maximum atomic E-state index is 15.1. The molecule has 7 atom stereocenters. The van der Waals surface area contributed by atoms with E-state index in [-0.39, 0.29) is 37.1 Å². The lowest BCUT2D eigenvalue weighted by atomic mass is 9.88. The van der Waals surface area contributed by atoms with E-state index in [2.05, 4.69) is 22.3 Å². The first-order valence-electron chi connectivity index (χ1n) is 22.2. The molecule has 3 aliphatic heterocycles. The summed E-state index contributed by atoms with van der Waals surface area (Å²) >= 11 is 0. The van der Waals surface area contributed by atoms with Gasteiger partial charge in [-0.05, 0) is 126 Å². The summed E-state index contributed by atoms with van der Waals surface area (Å²) in [6.07, 6.45) is 5.25. The number of hydrogen-bond donors (Lipinski definition) is 3. The van der Waals surface area contributed by atoms with Crippen molar-refractivity contribution < 1.29 is 51.3 Å². The number of nitrogens with zero attached hydrogens (tertiary/aromatic N) is 2. The van der Waals surface area contributed by atoms with Crippen LogP contribution in [0.3, 0.4) is 0 Å². The van der Waals surface area contributed by atoms with Gasteiger partial charge in [0.1, 0.15) is 48.3 Å². The first-order valence-corrected chi connectivity index (χ1v) is 23.7. The summed E-state index contributed by atoms with van der Waals surface area (Å²) in [6, 6.07) is 10.7. The first kappa shape index (κ1) is 45.0. The number of amides is 4. The van der Waals surface area contributed by atoms with Crippen LogP contribution in [0.5, 0.6) is 23.1 Å². The zero-order valence-electron chi connectivity index (χ0n) is 37.5. The maximum Gasteiger partial charge on any atom is 0.408 e. The number of allylic oxidation sites excluding steroid dienone is 1. The molecule has 4 amide bonds. The SMILES string of the molecule is COc1ccc2c(OC3C[C@H]4C(=O)N[C@]5(C(=O)NS(=O)(=O)C6(C)CC6)C[C@H]5/C=C\CC[C@H](C)C[C@@H](C)[C@H](NC(=O)OC(C)(C)C)C(=O)N4C3)nc(-c3ccc4c(c3)OCCO4)cc2c1. The Labute approximate surface area is 374 Å². The molecule has 0 bridgehead atoms. The molecule has 2 saturated carbocycles. The van der Waals surface area contributed by atoms with E-state index < -0.39 is 73.8 Å². The molecule has 5 aliphatic rings. The second kappa shape index (κ2) is 17.1. The van der Waals surface area contributed by atoms with Crippen LogP contribution in [0.4, 0.5) is 4.79 Å². The van der Waals surface area contributed by atoms with Gasteiger partial charge < -0.3 is 39.2 Å². The number of alkyl carbamates (subject to hydrolysis) is 1. The van der Waals surface area contributed by atoms with Crippen molar-refractivity contribution in [1.29, 1.82) is 0 Å². The van der Waals surface area contributed by atoms with Crippen molar-refractivity contribution >= 4 is 44.6 Å². The summed E-state index contributed by atoms with van der Waals surface area (Å²) in [5.74, 6) is -0.646. The molecule has 3 N–H and O–H groups in total. The quantitative estimate of drug-likeness (QED) is 0.230. The second-order valence-corrected chi connectivity index (χ2v) is 21.5. The molecule has 1 unspecified atom stereocenters. The lowest BCUT2D eigenvalue weighted by Crippen LogP contribution is -2.59. The number of nitrogens with one attached hydrogen (secondary N) is 3. The predicted molar refractivity (Wildman–Crippen MR) is 237 cm³/mol. The zero-order chi connectivity index (χ0) is 45.8. The number of carbonyl (C=O) groups excluding carboxylic acids is 4. The van der Waals surface area contributed by atoms with Crippen molar-refractivity contribution in [2.45, 2.75) is 121 Å². The Morgan fingerprint density at radius 3 is 2.47 bits per heavy atom. The maximum absolute atomic E-state index is 15.1. The molecular formula is C47H59N5O11S. The molecule has 3 aromatic rings. The number of methoxy groups -OCH3 is 1. The van der Waals surface area contributed by atoms with Crippen LogP contribution >= 0.6 is 0 Å². The molecular weight excluding hydrogens is 843 g/mol. The average Bonchev–Trinajstić information content (AvgIpc) is 4.13. The second-order valence-electron chi connectivity index (χ2n) is 19.3. The fourth-order valence-electron chi connectivity index (χ4n) is 8.96. The van der Waals surface area contributed by atoms with Crippen molar-refractivity contribution in [2.75, 3.05) is 26.9 Å². The van der Waals surface area contributed by atoms with Gasteiger partial charge in [0, 0.05) is 23.3 Å². The third-order valence-electron chi connectivity index (χ3n) is 13.0. The summed E-state index contributed by atoms with van der Waals surface area (Å²) in [7, 11) is -2.46. The minimum atomic E-state index is -4.04. The number of rotatable bonds is 8. The molecule has 8 rings (SSSR count). The average molecular weight is 902 g/mol. The Kier molecular flexibility index (Phi) is 12.0. The lowest BCUT2D eigenvalue weighted by Gasteiger charge is -2.33. The molecule has 2 aliphatic carbocycles. The van der Waals surface area contributed by atoms with Crippen LogP contribution in [-0.2, 0) is 29.1 Å². The topological polar surface area (TPSA) is 201 Å². The number of sulfonamides is 1. The van der Waals surface area contributed by atoms with E-state index in [9.17, 15) is 22.8 Å². The van der Waals surface area contributed by atoms with E-state index >= 15 is 4.79 Å². The highest BCUT2D eigenvalue weighted by Crippen LogP contribution is 2.48. The van der Waals surface area contributed by atoms with E-state index in [1.165, 1.54) is 4.90 Å². The Bertz CT molecular complexity index is 2480. The fourth-order valence-corrected chi connectivity index (χ4v) is 10.3. The monoisotopic (exact) mass is 901 g/mol. The summed E-state index contributed by atoms with van der Waals surface area (Å²) in [5, 5.41) is 7.19. The third kappa shape index (κ3) is 9.31. The highest BCUT2D eigenvalue weighted by atomic mass is 32.2. The van der Waals surface area contributed by atoms with Gasteiger partial charge in [-0.3, -0.25) is 19.1 Å². The molecule has 1 saturated heterocycles. The number of benzene rings is 2. The van der Waals surface area contributed by atoms with E-state index in [0.29, 0.717) is 67.2 Å². The third-order valence-corrected chi connectivity index (χ3v) is 15.2. The Hall–Kier alpha value is -5.58. The zero-order valence-corrected chi connectivity index (χ0v) is 38.3. The number of hydrogen-bond acceptors (Lipinski definition) is 12. The predicted octanol–water partition coefficient (Wildman–Crippen LogP) is 5.81. The van der Waals surface area contributed by atoms with Crippen LogP contribution in [0, 0.1) is 17.8 Å². The fraction of sp³-hybridized carbons (Fsp3) is 0.553. The Balaban J connectivity index is 1.16. The highest BCUT2D eigenvalue weighted by Gasteiger charge is 2.63. The number of pyridine rings is 1. The van der Waals surface area contributed by atoms with Gasteiger partial charge >= 0.3 is 6.09 Å². The largest absolute Gasteiger partial charge is 0.497 e. The minimum absolute atomic E-state index is 0.0102. The van der Waals surface area contributed by atoms with Crippen LogP contribution < -0.4 is 34.3 Å². The smallest absolute Gasteiger partial charge is 0.408 e. The molecule has 0 spiro atoms. The molecule has 17 heteroatoms. The number of fused-ring (bicyclic) bond motifs is 4. The van der Waals surface area contributed by atoms with Crippen LogP contribution in [0.1, 0.15) is 86.5 Å². The normalized spacial score (nSPS) is 28.3. The number of carbonyl (C=O) groups is 4. The van der Waals surface area contributed by atoms with E-state index in [0.717, 1.165) is 17.4 Å². The number of aromatic nitrogens is 1. The molecule has 4 heterocycles. The van der Waals surface area contributed by atoms with Crippen molar-refractivity contribution in [1.82, 2.24) is 25.2 Å². The first-order chi connectivity index (χ1) is 30.3. The van der Waals surface area contributed by atoms with Crippen LogP contribution in [0.25, 0.3) is 22.0 Å². The summed E-state index contributed by atoms with van der Waals surface area (Å²) in [6.45, 7) is 11.5. The van der Waals surface area contributed by atoms with Crippen LogP contribution in [-0.4, -0.2) is 103 Å². The summed E-state index contributed by atoms with van der Waals surface area (Å²) in [4.78, 5) is 63.8. The molecule has 2 aromatic carbocycles. The van der Waals surface area contributed by atoms with E-state index in [1.807, 2.05) is 55.5 Å². The van der Waals surface area contributed by atoms with E-state index in [1.54, 1.807) is 40.9 Å². The molecule has 3 fully saturated rings. The molecule has 344 valence electrons. The van der Waals surface area contributed by atoms with Gasteiger partial charge in [0.15, 0.2) is 11.5 Å². The molecule has 64 heavy (non-hydrogen) atoms. The van der Waals surface area contributed by atoms with Crippen LogP contribution in [0.2, 0.25) is 0 Å². The summed E-state index contributed by atoms with van der Waals surface area (Å²) in [5.41, 5.74) is -1.11. The van der Waals surface area contributed by atoms with Crippen molar-refractivity contribution in [3.05, 3.63) is 54.6 Å². The van der Waals surface area contributed by atoms with Crippen molar-refractivity contribution in [3.63, 3.8) is 0 Å². The number of ether oxygens (including phenoxy) is 5. The molecule has 0 radical (unpaired) electrons. The van der Waals surface area contributed by atoms with Gasteiger partial charge in [0.2, 0.25) is 27.7 Å². The Morgan fingerprint density at radius 2 is 1.75 bits per heavy atom.